The largest absolute Gasteiger partial charge is 0.480 e. The van der Waals surface area contributed by atoms with Gasteiger partial charge < -0.3 is 15.0 Å². The summed E-state index contributed by atoms with van der Waals surface area (Å²) >= 11 is 5.98. The van der Waals surface area contributed by atoms with Crippen LogP contribution < -0.4 is 10.1 Å². The number of rotatable bonds is 5. The van der Waals surface area contributed by atoms with Crippen molar-refractivity contribution in [1.82, 2.24) is 4.90 Å². The minimum Gasteiger partial charge on any atom is -0.480 e. The molecule has 0 saturated heterocycles. The smallest absolute Gasteiger partial charge is 0.264 e. The van der Waals surface area contributed by atoms with Crippen LogP contribution in [0.2, 0.25) is 5.02 Å². The van der Waals surface area contributed by atoms with E-state index in [-0.39, 0.29) is 11.5 Å². The molecular weight excluding hydrogens is 431 g/mol. The van der Waals surface area contributed by atoms with Gasteiger partial charge in [-0.3, -0.25) is 9.59 Å². The second-order valence-corrected chi connectivity index (χ2v) is 8.03. The lowest BCUT2D eigenvalue weighted by molar-refractivity contribution is -0.139. The van der Waals surface area contributed by atoms with Crippen molar-refractivity contribution in [3.63, 3.8) is 0 Å². The Hall–Kier alpha value is -3.38. The molecule has 0 saturated carbocycles. The Morgan fingerprint density at radius 1 is 1.16 bits per heavy atom. The van der Waals surface area contributed by atoms with Crippen LogP contribution in [0, 0.1) is 5.82 Å². The summed E-state index contributed by atoms with van der Waals surface area (Å²) in [5.41, 5.74) is 2.17. The molecule has 164 valence electrons. The molecule has 1 aliphatic heterocycles. The van der Waals surface area contributed by atoms with Gasteiger partial charge in [0.15, 0.2) is 6.10 Å². The van der Waals surface area contributed by atoms with Crippen LogP contribution in [-0.2, 0) is 17.9 Å². The molecule has 32 heavy (non-hydrogen) atoms. The lowest BCUT2D eigenvalue weighted by atomic mass is 10.1. The zero-order valence-corrected chi connectivity index (χ0v) is 18.2. The minimum atomic E-state index is -0.595. The van der Waals surface area contributed by atoms with E-state index in [2.05, 4.69) is 5.32 Å². The number of anilines is 1. The number of halogens is 2. The summed E-state index contributed by atoms with van der Waals surface area (Å²) in [6.07, 6.45) is -0.0661. The zero-order valence-electron chi connectivity index (χ0n) is 17.5. The molecule has 0 spiro atoms. The highest BCUT2D eigenvalue weighted by Gasteiger charge is 2.30. The van der Waals surface area contributed by atoms with E-state index in [9.17, 15) is 14.0 Å². The van der Waals surface area contributed by atoms with Crippen LogP contribution in [0.15, 0.2) is 66.7 Å². The van der Waals surface area contributed by atoms with Crippen molar-refractivity contribution in [3.05, 3.63) is 94.3 Å². The molecule has 0 aliphatic carbocycles. The molecule has 3 aromatic rings. The van der Waals surface area contributed by atoms with Gasteiger partial charge in [-0.1, -0.05) is 42.8 Å². The maximum absolute atomic E-state index is 13.9. The predicted molar refractivity (Wildman–Crippen MR) is 121 cm³/mol. The number of carbonyl (C=O) groups is 2. The van der Waals surface area contributed by atoms with Crippen LogP contribution >= 0.6 is 11.6 Å². The third-order valence-electron chi connectivity index (χ3n) is 5.31. The number of fused-ring (bicyclic) bond motifs is 1. The molecule has 1 N–H and O–H groups in total. The summed E-state index contributed by atoms with van der Waals surface area (Å²) in [6, 6.07) is 18.3. The average molecular weight is 453 g/mol. The van der Waals surface area contributed by atoms with Crippen molar-refractivity contribution >= 4 is 29.1 Å². The van der Waals surface area contributed by atoms with Crippen molar-refractivity contribution in [1.29, 1.82) is 0 Å². The number of amides is 2. The van der Waals surface area contributed by atoms with Crippen molar-refractivity contribution in [3.8, 4) is 5.75 Å². The van der Waals surface area contributed by atoms with E-state index in [1.54, 1.807) is 41.3 Å². The summed E-state index contributed by atoms with van der Waals surface area (Å²) < 4.78 is 19.9. The first-order valence-corrected chi connectivity index (χ1v) is 10.7. The molecule has 0 aromatic heterocycles. The monoisotopic (exact) mass is 452 g/mol. The Bertz CT molecular complexity index is 1150. The van der Waals surface area contributed by atoms with Gasteiger partial charge in [-0.15, -0.1) is 0 Å². The highest BCUT2D eigenvalue weighted by molar-refractivity contribution is 6.30. The van der Waals surface area contributed by atoms with Crippen LogP contribution in [0.4, 0.5) is 10.1 Å². The second-order valence-electron chi connectivity index (χ2n) is 7.59. The van der Waals surface area contributed by atoms with Gasteiger partial charge in [0.1, 0.15) is 11.6 Å². The Balaban J connectivity index is 1.59. The minimum absolute atomic E-state index is 0.0377. The number of hydrogen-bond donors (Lipinski definition) is 1. The van der Waals surface area contributed by atoms with E-state index in [1.807, 2.05) is 19.1 Å². The Morgan fingerprint density at radius 3 is 2.62 bits per heavy atom. The first-order chi connectivity index (χ1) is 15.4. The van der Waals surface area contributed by atoms with Crippen LogP contribution in [0.5, 0.6) is 5.75 Å². The molecule has 1 heterocycles. The highest BCUT2D eigenvalue weighted by Crippen LogP contribution is 2.30. The van der Waals surface area contributed by atoms with Gasteiger partial charge in [0.25, 0.3) is 11.8 Å². The van der Waals surface area contributed by atoms with Gasteiger partial charge in [0, 0.05) is 29.4 Å². The van der Waals surface area contributed by atoms with E-state index >= 15 is 0 Å². The van der Waals surface area contributed by atoms with Gasteiger partial charge in [0.2, 0.25) is 0 Å². The van der Waals surface area contributed by atoms with Crippen LogP contribution in [-0.4, -0.2) is 22.8 Å². The molecule has 1 atom stereocenters. The number of nitrogens with zero attached hydrogens (tertiary/aromatic N) is 1. The second kappa shape index (κ2) is 9.40. The third kappa shape index (κ3) is 4.75. The highest BCUT2D eigenvalue weighted by atomic mass is 35.5. The molecule has 5 nitrogen and oxygen atoms in total. The predicted octanol–water partition coefficient (Wildman–Crippen LogP) is 5.43. The SMILES string of the molecule is CCC1Oc2ccc(NC(=O)c3ccccc3F)cc2CN(Cc2ccc(Cl)cc2)C1=O. The Kier molecular flexibility index (Phi) is 6.42. The molecule has 1 aliphatic rings. The zero-order chi connectivity index (χ0) is 22.7. The maximum atomic E-state index is 13.9. The van der Waals surface area contributed by atoms with Crippen molar-refractivity contribution in [2.75, 3.05) is 5.32 Å². The first-order valence-electron chi connectivity index (χ1n) is 10.3. The van der Waals surface area contributed by atoms with Crippen molar-refractivity contribution < 1.29 is 18.7 Å². The van der Waals surface area contributed by atoms with Crippen molar-refractivity contribution in [2.24, 2.45) is 0 Å². The molecule has 3 aromatic carbocycles. The van der Waals surface area contributed by atoms with Gasteiger partial charge in [-0.25, -0.2) is 4.39 Å². The molecule has 4 rings (SSSR count). The Labute approximate surface area is 190 Å². The molecular formula is C25H22ClFN2O3. The van der Waals surface area contributed by atoms with Crippen molar-refractivity contribution in [2.45, 2.75) is 32.5 Å². The fourth-order valence-corrected chi connectivity index (χ4v) is 3.76. The normalized spacial score (nSPS) is 15.5. The number of hydrogen-bond acceptors (Lipinski definition) is 3. The van der Waals surface area contributed by atoms with E-state index in [0.717, 1.165) is 11.1 Å². The molecule has 1 unspecified atom stereocenters. The van der Waals surface area contributed by atoms with E-state index < -0.39 is 17.8 Å². The fourth-order valence-electron chi connectivity index (χ4n) is 3.63. The number of nitrogens with one attached hydrogen (secondary N) is 1. The molecule has 7 heteroatoms. The van der Waals surface area contributed by atoms with E-state index in [1.165, 1.54) is 18.2 Å². The summed E-state index contributed by atoms with van der Waals surface area (Å²) in [6.45, 7) is 2.62. The van der Waals surface area contributed by atoms with E-state index in [0.29, 0.717) is 36.0 Å². The number of benzene rings is 3. The topological polar surface area (TPSA) is 58.6 Å². The lowest BCUT2D eigenvalue weighted by Crippen LogP contribution is -2.38. The maximum Gasteiger partial charge on any atom is 0.264 e. The van der Waals surface area contributed by atoms with Gasteiger partial charge in [-0.2, -0.15) is 0 Å². The summed E-state index contributed by atoms with van der Waals surface area (Å²) in [5.74, 6) is -0.643. The molecule has 0 radical (unpaired) electrons. The molecule has 0 bridgehead atoms. The number of carbonyl (C=O) groups excluding carboxylic acids is 2. The molecule has 0 fully saturated rings. The third-order valence-corrected chi connectivity index (χ3v) is 5.56. The van der Waals surface area contributed by atoms with Gasteiger partial charge in [0.05, 0.1) is 5.56 Å². The standard InChI is InChI=1S/C25H22ClFN2O3/c1-2-22-25(31)29(14-16-7-9-18(26)10-8-16)15-17-13-19(11-12-23(17)32-22)28-24(30)20-5-3-4-6-21(20)27/h3-13,22H,2,14-15H2,1H3,(H,28,30). The van der Waals surface area contributed by atoms with Gasteiger partial charge in [-0.05, 0) is 54.4 Å². The van der Waals surface area contributed by atoms with E-state index in [4.69, 9.17) is 16.3 Å². The van der Waals surface area contributed by atoms with Crippen LogP contribution in [0.1, 0.15) is 34.8 Å². The number of ether oxygens (including phenoxy) is 1. The average Bonchev–Trinajstić information content (AvgIpc) is 2.91. The summed E-state index contributed by atoms with van der Waals surface area (Å²) in [5, 5.41) is 3.35. The molecule has 2 amide bonds. The van der Waals surface area contributed by atoms with Gasteiger partial charge >= 0.3 is 0 Å². The quantitative estimate of drug-likeness (QED) is 0.561. The Morgan fingerprint density at radius 2 is 1.91 bits per heavy atom. The fraction of sp³-hybridized carbons (Fsp3) is 0.200. The first kappa shape index (κ1) is 21.8. The van der Waals surface area contributed by atoms with Crippen LogP contribution in [0.25, 0.3) is 0 Å². The summed E-state index contributed by atoms with van der Waals surface area (Å²) in [4.78, 5) is 27.3. The summed E-state index contributed by atoms with van der Waals surface area (Å²) in [7, 11) is 0. The lowest BCUT2D eigenvalue weighted by Gasteiger charge is -2.23. The van der Waals surface area contributed by atoms with Crippen LogP contribution in [0.3, 0.4) is 0 Å².